The Balaban J connectivity index is 1.90. The molecule has 5 heteroatoms. The number of methoxy groups -OCH3 is 1. The fraction of sp³-hybridized carbons (Fsp3) is 0.294. The number of nitrogens with one attached hydrogen (secondary N) is 1. The van der Waals surface area contributed by atoms with Gasteiger partial charge in [0.25, 0.3) is 5.91 Å². The van der Waals surface area contributed by atoms with Crippen molar-refractivity contribution < 1.29 is 14.3 Å². The Morgan fingerprint density at radius 2 is 2.05 bits per heavy atom. The summed E-state index contributed by atoms with van der Waals surface area (Å²) < 4.78 is 10.7. The number of rotatable bonds is 6. The van der Waals surface area contributed by atoms with Crippen LogP contribution in [0.4, 0.5) is 0 Å². The molecule has 0 bridgehead atoms. The molecule has 2 rings (SSSR count). The zero-order valence-electron chi connectivity index (χ0n) is 13.0. The number of carbonyl (C=O) groups is 1. The number of hydrogen-bond acceptors (Lipinski definition) is 4. The molecule has 0 aliphatic heterocycles. The fourth-order valence-corrected chi connectivity index (χ4v) is 2.07. The van der Waals surface area contributed by atoms with E-state index in [1.165, 1.54) is 0 Å². The Kier molecular flexibility index (Phi) is 5.36. The van der Waals surface area contributed by atoms with E-state index >= 15 is 0 Å². The van der Waals surface area contributed by atoms with Gasteiger partial charge in [0, 0.05) is 11.3 Å². The third-order valence-electron chi connectivity index (χ3n) is 3.24. The van der Waals surface area contributed by atoms with Gasteiger partial charge in [-0.1, -0.05) is 18.2 Å². The highest BCUT2D eigenvalue weighted by Gasteiger charge is 2.13. The first-order chi connectivity index (χ1) is 10.6. The van der Waals surface area contributed by atoms with Crippen molar-refractivity contribution in [1.29, 1.82) is 0 Å². The lowest BCUT2D eigenvalue weighted by molar-refractivity contribution is -0.123. The molecule has 22 heavy (non-hydrogen) atoms. The molecule has 1 N–H and O–H groups in total. The summed E-state index contributed by atoms with van der Waals surface area (Å²) in [6, 6.07) is 11.1. The van der Waals surface area contributed by atoms with Gasteiger partial charge >= 0.3 is 0 Å². The van der Waals surface area contributed by atoms with Crippen LogP contribution in [0.15, 0.2) is 42.6 Å². The van der Waals surface area contributed by atoms with Gasteiger partial charge in [0.05, 0.1) is 19.3 Å². The highest BCUT2D eigenvalue weighted by atomic mass is 16.5. The van der Waals surface area contributed by atoms with Gasteiger partial charge in [-0.25, -0.2) is 0 Å². The fourth-order valence-electron chi connectivity index (χ4n) is 2.07. The molecule has 0 aliphatic carbocycles. The molecule has 2 aromatic rings. The number of pyridine rings is 1. The van der Waals surface area contributed by atoms with Crippen LogP contribution in [-0.2, 0) is 4.79 Å². The predicted molar refractivity (Wildman–Crippen MR) is 84.0 cm³/mol. The van der Waals surface area contributed by atoms with E-state index in [0.29, 0.717) is 5.75 Å². The van der Waals surface area contributed by atoms with Crippen molar-refractivity contribution in [3.63, 3.8) is 0 Å². The summed E-state index contributed by atoms with van der Waals surface area (Å²) in [4.78, 5) is 16.1. The molecule has 5 nitrogen and oxygen atoms in total. The van der Waals surface area contributed by atoms with E-state index < -0.39 is 0 Å². The number of benzene rings is 1. The molecule has 0 spiro atoms. The van der Waals surface area contributed by atoms with Crippen molar-refractivity contribution in [2.24, 2.45) is 0 Å². The predicted octanol–water partition coefficient (Wildman–Crippen LogP) is 2.65. The molecule has 0 aliphatic rings. The van der Waals surface area contributed by atoms with Crippen LogP contribution < -0.4 is 14.8 Å². The Labute approximate surface area is 130 Å². The van der Waals surface area contributed by atoms with Gasteiger partial charge in [-0.3, -0.25) is 9.78 Å². The van der Waals surface area contributed by atoms with Crippen molar-refractivity contribution >= 4 is 5.91 Å². The Hall–Kier alpha value is -2.56. The molecule has 1 heterocycles. The number of hydrogen-bond donors (Lipinski definition) is 1. The van der Waals surface area contributed by atoms with Gasteiger partial charge < -0.3 is 14.8 Å². The number of aryl methyl sites for hydroxylation is 1. The lowest BCUT2D eigenvalue weighted by Crippen LogP contribution is -2.31. The summed E-state index contributed by atoms with van der Waals surface area (Å²) >= 11 is 0. The first-order valence-electron chi connectivity index (χ1n) is 7.08. The second kappa shape index (κ2) is 7.45. The molecular weight excluding hydrogens is 280 g/mol. The standard InChI is InChI=1S/C17H20N2O3/c1-12-8-9-14(10-18-12)22-11-17(20)19-13(2)15-6-4-5-7-16(15)21-3/h4-10,13H,11H2,1-3H3,(H,19,20). The normalized spacial score (nSPS) is 11.6. The van der Waals surface area contributed by atoms with Crippen molar-refractivity contribution in [3.05, 3.63) is 53.9 Å². The minimum absolute atomic E-state index is 0.0514. The summed E-state index contributed by atoms with van der Waals surface area (Å²) in [6.45, 7) is 3.75. The third kappa shape index (κ3) is 4.22. The van der Waals surface area contributed by atoms with Gasteiger partial charge in [-0.2, -0.15) is 0 Å². The summed E-state index contributed by atoms with van der Waals surface area (Å²) in [5.74, 6) is 1.13. The molecular formula is C17H20N2O3. The summed E-state index contributed by atoms with van der Waals surface area (Å²) in [5.41, 5.74) is 1.83. The van der Waals surface area contributed by atoms with Gasteiger partial charge in [-0.15, -0.1) is 0 Å². The largest absolute Gasteiger partial charge is 0.496 e. The van der Waals surface area contributed by atoms with E-state index in [0.717, 1.165) is 17.0 Å². The lowest BCUT2D eigenvalue weighted by Gasteiger charge is -2.17. The van der Waals surface area contributed by atoms with Gasteiger partial charge in [-0.05, 0) is 32.0 Å². The van der Waals surface area contributed by atoms with E-state index in [1.54, 1.807) is 19.4 Å². The maximum Gasteiger partial charge on any atom is 0.258 e. The van der Waals surface area contributed by atoms with E-state index in [1.807, 2.05) is 44.2 Å². The monoisotopic (exact) mass is 300 g/mol. The molecule has 1 amide bonds. The SMILES string of the molecule is COc1ccccc1C(C)NC(=O)COc1ccc(C)nc1. The molecule has 0 saturated carbocycles. The molecule has 1 atom stereocenters. The second-order valence-corrected chi connectivity index (χ2v) is 4.96. The van der Waals surface area contributed by atoms with Crippen LogP contribution in [0.3, 0.4) is 0 Å². The average Bonchev–Trinajstić information content (AvgIpc) is 2.54. The quantitative estimate of drug-likeness (QED) is 0.891. The number of nitrogens with zero attached hydrogens (tertiary/aromatic N) is 1. The number of amides is 1. The molecule has 0 fully saturated rings. The van der Waals surface area contributed by atoms with Gasteiger partial charge in [0.2, 0.25) is 0 Å². The third-order valence-corrected chi connectivity index (χ3v) is 3.24. The van der Waals surface area contributed by atoms with Crippen LogP contribution in [0.5, 0.6) is 11.5 Å². The Bertz CT molecular complexity index is 626. The van der Waals surface area contributed by atoms with E-state index in [-0.39, 0.29) is 18.6 Å². The topological polar surface area (TPSA) is 60.5 Å². The smallest absolute Gasteiger partial charge is 0.258 e. The number of para-hydroxylation sites is 1. The van der Waals surface area contributed by atoms with Gasteiger partial charge in [0.1, 0.15) is 11.5 Å². The molecule has 1 unspecified atom stereocenters. The van der Waals surface area contributed by atoms with Crippen molar-refractivity contribution in [2.45, 2.75) is 19.9 Å². The van der Waals surface area contributed by atoms with Crippen LogP contribution >= 0.6 is 0 Å². The zero-order chi connectivity index (χ0) is 15.9. The number of aromatic nitrogens is 1. The summed E-state index contributed by atoms with van der Waals surface area (Å²) in [5, 5.41) is 2.89. The molecule has 0 saturated heterocycles. The molecule has 1 aromatic heterocycles. The van der Waals surface area contributed by atoms with Crippen LogP contribution in [0.25, 0.3) is 0 Å². The minimum atomic E-state index is -0.195. The van der Waals surface area contributed by atoms with Crippen LogP contribution in [0.2, 0.25) is 0 Å². The molecule has 1 aromatic carbocycles. The van der Waals surface area contributed by atoms with Gasteiger partial charge in [0.15, 0.2) is 6.61 Å². The van der Waals surface area contributed by atoms with E-state index in [4.69, 9.17) is 9.47 Å². The Morgan fingerprint density at radius 3 is 2.73 bits per heavy atom. The minimum Gasteiger partial charge on any atom is -0.496 e. The van der Waals surface area contributed by atoms with Crippen LogP contribution in [0, 0.1) is 6.92 Å². The van der Waals surface area contributed by atoms with E-state index in [2.05, 4.69) is 10.3 Å². The molecule has 116 valence electrons. The number of ether oxygens (including phenoxy) is 2. The van der Waals surface area contributed by atoms with Crippen LogP contribution in [-0.4, -0.2) is 24.6 Å². The summed E-state index contributed by atoms with van der Waals surface area (Å²) in [7, 11) is 1.61. The van der Waals surface area contributed by atoms with Crippen molar-refractivity contribution in [1.82, 2.24) is 10.3 Å². The summed E-state index contributed by atoms with van der Waals surface area (Å²) in [6.07, 6.45) is 1.60. The zero-order valence-corrected chi connectivity index (χ0v) is 13.0. The lowest BCUT2D eigenvalue weighted by atomic mass is 10.1. The highest BCUT2D eigenvalue weighted by molar-refractivity contribution is 5.78. The first kappa shape index (κ1) is 15.8. The maximum atomic E-state index is 12.0. The van der Waals surface area contributed by atoms with Crippen LogP contribution in [0.1, 0.15) is 24.2 Å². The van der Waals surface area contributed by atoms with Crippen molar-refractivity contribution in [2.75, 3.05) is 13.7 Å². The van der Waals surface area contributed by atoms with Crippen molar-refractivity contribution in [3.8, 4) is 11.5 Å². The highest BCUT2D eigenvalue weighted by Crippen LogP contribution is 2.24. The average molecular weight is 300 g/mol. The van der Waals surface area contributed by atoms with E-state index in [9.17, 15) is 4.79 Å². The first-order valence-corrected chi connectivity index (χ1v) is 7.08. The maximum absolute atomic E-state index is 12.0. The Morgan fingerprint density at radius 1 is 1.27 bits per heavy atom. The number of carbonyl (C=O) groups excluding carboxylic acids is 1. The second-order valence-electron chi connectivity index (χ2n) is 4.96. The molecule has 0 radical (unpaired) electrons.